The average molecular weight is 594 g/mol. The Bertz CT molecular complexity index is 871. The number of amides is 1. The van der Waals surface area contributed by atoms with E-state index in [0.29, 0.717) is 32.8 Å². The van der Waals surface area contributed by atoms with Gasteiger partial charge in [0.15, 0.2) is 18.1 Å². The second-order valence-corrected chi connectivity index (χ2v) is 7.56. The number of ether oxygens (including phenoxy) is 2. The number of carbonyl (C=O) groups is 2. The van der Waals surface area contributed by atoms with Crippen molar-refractivity contribution in [2.45, 2.75) is 6.92 Å². The largest absolute Gasteiger partial charge is 0.490 e. The average Bonchev–Trinajstić information content (AvgIpc) is 2.61. The van der Waals surface area contributed by atoms with Gasteiger partial charge in [0.2, 0.25) is 0 Å². The van der Waals surface area contributed by atoms with Crippen molar-refractivity contribution >= 4 is 63.3 Å². The monoisotopic (exact) mass is 594 g/mol. The summed E-state index contributed by atoms with van der Waals surface area (Å²) in [6.45, 7) is 1.75. The number of benzene rings is 2. The maximum absolute atomic E-state index is 12.1. The van der Waals surface area contributed by atoms with Crippen LogP contribution in [0.1, 0.15) is 22.8 Å². The number of halogens is 2. The summed E-state index contributed by atoms with van der Waals surface area (Å²) in [5.41, 5.74) is 3.66. The number of carbonyl (C=O) groups excluding carboxylic acids is 1. The fourth-order valence-corrected chi connectivity index (χ4v) is 3.38. The Labute approximate surface area is 183 Å². The third-order valence-corrected chi connectivity index (χ3v) is 4.61. The smallest absolute Gasteiger partial charge is 0.341 e. The van der Waals surface area contributed by atoms with E-state index in [9.17, 15) is 9.59 Å². The summed E-state index contributed by atoms with van der Waals surface area (Å²) in [5.74, 6) is -0.612. The summed E-state index contributed by atoms with van der Waals surface area (Å²) in [6.07, 6.45) is 1.48. The number of carboxylic acids is 1. The van der Waals surface area contributed by atoms with Gasteiger partial charge in [-0.3, -0.25) is 4.79 Å². The molecule has 0 fully saturated rings. The summed E-state index contributed by atoms with van der Waals surface area (Å²) in [6, 6.07) is 10.6. The first-order chi connectivity index (χ1) is 12.9. The van der Waals surface area contributed by atoms with Crippen molar-refractivity contribution in [3.05, 3.63) is 54.7 Å². The molecule has 0 heterocycles. The van der Waals surface area contributed by atoms with E-state index in [4.69, 9.17) is 14.6 Å². The molecule has 2 aromatic carbocycles. The van der Waals surface area contributed by atoms with Crippen molar-refractivity contribution in [1.82, 2.24) is 5.43 Å². The second-order valence-electron chi connectivity index (χ2n) is 5.15. The molecule has 0 radical (unpaired) electrons. The Morgan fingerprint density at radius 2 is 2.00 bits per heavy atom. The predicted molar refractivity (Wildman–Crippen MR) is 118 cm³/mol. The number of hydrogen-bond acceptors (Lipinski definition) is 5. The Kier molecular flexibility index (Phi) is 8.28. The summed E-state index contributed by atoms with van der Waals surface area (Å²) < 4.78 is 12.5. The van der Waals surface area contributed by atoms with Crippen LogP contribution in [0, 0.1) is 7.14 Å². The van der Waals surface area contributed by atoms with Crippen LogP contribution in [0.5, 0.6) is 11.5 Å². The summed E-state index contributed by atoms with van der Waals surface area (Å²) in [7, 11) is 0. The second kappa shape index (κ2) is 10.4. The molecule has 2 aromatic rings. The Hall–Kier alpha value is -1.89. The van der Waals surface area contributed by atoms with Crippen LogP contribution < -0.4 is 14.9 Å². The molecule has 9 heteroatoms. The lowest BCUT2D eigenvalue weighted by molar-refractivity contribution is -0.139. The third-order valence-electron chi connectivity index (χ3n) is 3.14. The van der Waals surface area contributed by atoms with Gasteiger partial charge < -0.3 is 14.6 Å². The van der Waals surface area contributed by atoms with Gasteiger partial charge in [0.1, 0.15) is 0 Å². The van der Waals surface area contributed by atoms with Gasteiger partial charge in [-0.2, -0.15) is 5.10 Å². The zero-order valence-corrected chi connectivity index (χ0v) is 18.6. The Balaban J connectivity index is 2.14. The molecule has 7 nitrogen and oxygen atoms in total. The third kappa shape index (κ3) is 6.65. The molecular weight excluding hydrogens is 578 g/mol. The fraction of sp³-hybridized carbons (Fsp3) is 0.167. The quantitative estimate of drug-likeness (QED) is 0.277. The van der Waals surface area contributed by atoms with E-state index in [2.05, 4.69) is 33.1 Å². The van der Waals surface area contributed by atoms with E-state index in [0.717, 1.165) is 3.57 Å². The van der Waals surface area contributed by atoms with Gasteiger partial charge in [0.25, 0.3) is 5.91 Å². The van der Waals surface area contributed by atoms with Crippen LogP contribution in [0.3, 0.4) is 0 Å². The van der Waals surface area contributed by atoms with Crippen molar-refractivity contribution < 1.29 is 24.2 Å². The first-order valence-corrected chi connectivity index (χ1v) is 9.96. The van der Waals surface area contributed by atoms with E-state index < -0.39 is 12.6 Å². The normalized spacial score (nSPS) is 10.6. The van der Waals surface area contributed by atoms with Crippen molar-refractivity contribution in [2.75, 3.05) is 13.2 Å². The summed E-state index contributed by atoms with van der Waals surface area (Å²) in [5, 5.41) is 12.8. The van der Waals surface area contributed by atoms with Gasteiger partial charge in [-0.1, -0.05) is 6.07 Å². The number of hydrogen-bond donors (Lipinski definition) is 2. The van der Waals surface area contributed by atoms with Crippen molar-refractivity contribution in [2.24, 2.45) is 5.10 Å². The molecule has 27 heavy (non-hydrogen) atoms. The van der Waals surface area contributed by atoms with Gasteiger partial charge in [0, 0.05) is 9.13 Å². The van der Waals surface area contributed by atoms with Crippen LogP contribution in [0.15, 0.2) is 41.5 Å². The van der Waals surface area contributed by atoms with E-state index in [1.807, 2.05) is 35.6 Å². The Morgan fingerprint density at radius 3 is 2.67 bits per heavy atom. The molecular formula is C18H16I2N2O5. The van der Waals surface area contributed by atoms with Gasteiger partial charge in [-0.05, 0) is 88.0 Å². The topological polar surface area (TPSA) is 97.2 Å². The number of rotatable bonds is 8. The van der Waals surface area contributed by atoms with Crippen LogP contribution in [-0.2, 0) is 4.79 Å². The molecule has 0 aliphatic heterocycles. The summed E-state index contributed by atoms with van der Waals surface area (Å²) >= 11 is 4.16. The van der Waals surface area contributed by atoms with Crippen LogP contribution in [0.2, 0.25) is 0 Å². The molecule has 0 bridgehead atoms. The molecule has 0 aliphatic carbocycles. The standard InChI is InChI=1S/C18H16I2N2O5/c1-2-26-15-7-11(6-14(20)17(15)27-10-16(23)24)9-21-22-18(25)12-4-3-5-13(19)8-12/h3-9H,2,10H2,1H3,(H,22,25)(H,23,24)/b21-9-. The molecule has 0 spiro atoms. The van der Waals surface area contributed by atoms with Crippen LogP contribution >= 0.6 is 45.2 Å². The first-order valence-electron chi connectivity index (χ1n) is 7.80. The molecule has 0 saturated carbocycles. The number of hydrazone groups is 1. The molecule has 142 valence electrons. The van der Waals surface area contributed by atoms with Crippen LogP contribution in [-0.4, -0.2) is 36.4 Å². The maximum Gasteiger partial charge on any atom is 0.341 e. The predicted octanol–water partition coefficient (Wildman–Crippen LogP) is 3.52. The first kappa shape index (κ1) is 21.4. The number of carboxylic acid groups (broad SMARTS) is 1. The van der Waals surface area contributed by atoms with Crippen molar-refractivity contribution in [3.63, 3.8) is 0 Å². The number of aliphatic carboxylic acids is 1. The Morgan fingerprint density at radius 1 is 1.22 bits per heavy atom. The van der Waals surface area contributed by atoms with E-state index >= 15 is 0 Å². The highest BCUT2D eigenvalue weighted by atomic mass is 127. The van der Waals surface area contributed by atoms with Crippen LogP contribution in [0.25, 0.3) is 0 Å². The number of nitrogens with zero attached hydrogens (tertiary/aromatic N) is 1. The molecule has 2 N–H and O–H groups in total. The van der Waals surface area contributed by atoms with E-state index in [1.165, 1.54) is 6.21 Å². The lowest BCUT2D eigenvalue weighted by Crippen LogP contribution is -2.17. The zero-order chi connectivity index (χ0) is 19.8. The molecule has 0 unspecified atom stereocenters. The molecule has 0 aromatic heterocycles. The molecule has 1 amide bonds. The highest BCUT2D eigenvalue weighted by Gasteiger charge is 2.13. The minimum Gasteiger partial charge on any atom is -0.490 e. The summed E-state index contributed by atoms with van der Waals surface area (Å²) in [4.78, 5) is 22.8. The SMILES string of the molecule is CCOc1cc(/C=N\NC(=O)c2cccc(I)c2)cc(I)c1OCC(=O)O. The minimum atomic E-state index is -1.07. The van der Waals surface area contributed by atoms with Gasteiger partial charge in [-0.15, -0.1) is 0 Å². The lowest BCUT2D eigenvalue weighted by atomic mass is 10.2. The number of nitrogens with one attached hydrogen (secondary N) is 1. The van der Waals surface area contributed by atoms with Crippen molar-refractivity contribution in [3.8, 4) is 11.5 Å². The van der Waals surface area contributed by atoms with Gasteiger partial charge in [-0.25, -0.2) is 10.2 Å². The van der Waals surface area contributed by atoms with Crippen molar-refractivity contribution in [1.29, 1.82) is 0 Å². The van der Waals surface area contributed by atoms with E-state index in [-0.39, 0.29) is 5.91 Å². The lowest BCUT2D eigenvalue weighted by Gasteiger charge is -2.13. The van der Waals surface area contributed by atoms with Gasteiger partial charge in [0.05, 0.1) is 16.4 Å². The maximum atomic E-state index is 12.1. The minimum absolute atomic E-state index is 0.314. The highest BCUT2D eigenvalue weighted by molar-refractivity contribution is 14.1. The van der Waals surface area contributed by atoms with Gasteiger partial charge >= 0.3 is 5.97 Å². The molecule has 0 atom stereocenters. The molecule has 0 aliphatic rings. The zero-order valence-electron chi connectivity index (χ0n) is 14.2. The molecule has 2 rings (SSSR count). The highest BCUT2D eigenvalue weighted by Crippen LogP contribution is 2.33. The van der Waals surface area contributed by atoms with Crippen LogP contribution in [0.4, 0.5) is 0 Å². The fourth-order valence-electron chi connectivity index (χ4n) is 2.06. The molecule has 0 saturated heterocycles. The van der Waals surface area contributed by atoms with E-state index in [1.54, 1.807) is 30.3 Å².